The van der Waals surface area contributed by atoms with Gasteiger partial charge in [0.15, 0.2) is 0 Å². The van der Waals surface area contributed by atoms with Crippen LogP contribution in [-0.4, -0.2) is 17.5 Å². The van der Waals surface area contributed by atoms with Gasteiger partial charge in [0.2, 0.25) is 0 Å². The molecule has 0 aromatic heterocycles. The van der Waals surface area contributed by atoms with Crippen LogP contribution in [0.4, 0.5) is 0 Å². The molecule has 2 nitrogen and oxygen atoms in total. The Bertz CT molecular complexity index is 158. The third-order valence-corrected chi connectivity index (χ3v) is 2.81. The van der Waals surface area contributed by atoms with Crippen LogP contribution in [0.3, 0.4) is 0 Å². The van der Waals surface area contributed by atoms with Gasteiger partial charge in [0.25, 0.3) is 0 Å². The number of hydrogen-bond acceptors (Lipinski definition) is 3. The van der Waals surface area contributed by atoms with Gasteiger partial charge < -0.3 is 5.73 Å². The molecule has 0 aliphatic carbocycles. The standard InChI is InChI=1S/C9H18N2S/c1-8(11)6-12-5-4-9(2,3)7-10/h8H,4-6,11H2,1-3H3. The Labute approximate surface area is 79.5 Å². The van der Waals surface area contributed by atoms with E-state index in [1.54, 1.807) is 0 Å². The van der Waals surface area contributed by atoms with Crippen LogP contribution in [0.1, 0.15) is 27.2 Å². The summed E-state index contributed by atoms with van der Waals surface area (Å²) in [6, 6.07) is 2.55. The second-order valence-corrected chi connectivity index (χ2v) is 4.95. The molecule has 0 bridgehead atoms. The number of rotatable bonds is 5. The van der Waals surface area contributed by atoms with Gasteiger partial charge in [0.05, 0.1) is 11.5 Å². The van der Waals surface area contributed by atoms with E-state index in [1.165, 1.54) is 0 Å². The van der Waals surface area contributed by atoms with Gasteiger partial charge in [0, 0.05) is 11.8 Å². The largest absolute Gasteiger partial charge is 0.327 e. The molecule has 0 aliphatic rings. The van der Waals surface area contributed by atoms with Gasteiger partial charge >= 0.3 is 0 Å². The molecule has 0 amide bonds. The molecular weight excluding hydrogens is 168 g/mol. The molecule has 0 rings (SSSR count). The summed E-state index contributed by atoms with van der Waals surface area (Å²) in [5, 5.41) is 8.72. The molecule has 70 valence electrons. The summed E-state index contributed by atoms with van der Waals surface area (Å²) in [5.74, 6) is 2.02. The van der Waals surface area contributed by atoms with Gasteiger partial charge in [-0.15, -0.1) is 0 Å². The van der Waals surface area contributed by atoms with Crippen molar-refractivity contribution in [3.63, 3.8) is 0 Å². The lowest BCUT2D eigenvalue weighted by Crippen LogP contribution is -2.18. The predicted molar refractivity (Wildman–Crippen MR) is 55.0 cm³/mol. The zero-order valence-corrected chi connectivity index (χ0v) is 8.95. The van der Waals surface area contributed by atoms with Crippen LogP contribution in [0.15, 0.2) is 0 Å². The van der Waals surface area contributed by atoms with E-state index < -0.39 is 0 Å². The maximum Gasteiger partial charge on any atom is 0.0684 e. The van der Waals surface area contributed by atoms with E-state index in [1.807, 2.05) is 32.5 Å². The van der Waals surface area contributed by atoms with Crippen LogP contribution >= 0.6 is 11.8 Å². The zero-order chi connectivity index (χ0) is 9.61. The second kappa shape index (κ2) is 5.45. The Kier molecular flexibility index (Phi) is 5.36. The minimum atomic E-state index is -0.176. The van der Waals surface area contributed by atoms with E-state index in [4.69, 9.17) is 11.0 Å². The molecule has 0 spiro atoms. The zero-order valence-electron chi connectivity index (χ0n) is 8.13. The smallest absolute Gasteiger partial charge is 0.0684 e. The summed E-state index contributed by atoms with van der Waals surface area (Å²) in [6.45, 7) is 5.95. The highest BCUT2D eigenvalue weighted by Gasteiger charge is 2.15. The van der Waals surface area contributed by atoms with Crippen molar-refractivity contribution < 1.29 is 0 Å². The maximum absolute atomic E-state index is 8.72. The highest BCUT2D eigenvalue weighted by atomic mass is 32.2. The van der Waals surface area contributed by atoms with E-state index in [2.05, 4.69) is 6.07 Å². The first-order valence-electron chi connectivity index (χ1n) is 4.22. The Morgan fingerprint density at radius 2 is 2.17 bits per heavy atom. The van der Waals surface area contributed by atoms with Crippen LogP contribution in [-0.2, 0) is 0 Å². The van der Waals surface area contributed by atoms with Gasteiger partial charge in [-0.3, -0.25) is 0 Å². The van der Waals surface area contributed by atoms with Crippen LogP contribution in [0.25, 0.3) is 0 Å². The number of hydrogen-bond donors (Lipinski definition) is 1. The summed E-state index contributed by atoms with van der Waals surface area (Å²) in [5.41, 5.74) is 5.41. The van der Waals surface area contributed by atoms with Gasteiger partial charge in [-0.1, -0.05) is 0 Å². The van der Waals surface area contributed by atoms with E-state index in [0.29, 0.717) is 0 Å². The fourth-order valence-electron chi connectivity index (χ4n) is 0.652. The highest BCUT2D eigenvalue weighted by molar-refractivity contribution is 7.99. The average Bonchev–Trinajstić information content (AvgIpc) is 1.98. The van der Waals surface area contributed by atoms with Crippen molar-refractivity contribution in [2.75, 3.05) is 11.5 Å². The summed E-state index contributed by atoms with van der Waals surface area (Å²) in [6.07, 6.45) is 0.945. The minimum Gasteiger partial charge on any atom is -0.327 e. The van der Waals surface area contributed by atoms with Crippen molar-refractivity contribution >= 4 is 11.8 Å². The van der Waals surface area contributed by atoms with Gasteiger partial charge in [-0.25, -0.2) is 0 Å². The molecule has 2 N–H and O–H groups in total. The lowest BCUT2D eigenvalue weighted by Gasteiger charge is -2.14. The molecular formula is C9H18N2S. The third kappa shape index (κ3) is 6.51. The molecule has 0 fully saturated rings. The van der Waals surface area contributed by atoms with Crippen molar-refractivity contribution in [2.24, 2.45) is 11.1 Å². The molecule has 3 heteroatoms. The highest BCUT2D eigenvalue weighted by Crippen LogP contribution is 2.21. The molecule has 0 saturated heterocycles. The molecule has 0 aromatic rings. The number of nitriles is 1. The summed E-state index contributed by atoms with van der Waals surface area (Å²) < 4.78 is 0. The lowest BCUT2D eigenvalue weighted by atomic mass is 9.93. The summed E-state index contributed by atoms with van der Waals surface area (Å²) in [7, 11) is 0. The Morgan fingerprint density at radius 3 is 2.58 bits per heavy atom. The van der Waals surface area contributed by atoms with E-state index in [9.17, 15) is 0 Å². The SMILES string of the molecule is CC(N)CSCCC(C)(C)C#N. The second-order valence-electron chi connectivity index (χ2n) is 3.80. The molecule has 0 heterocycles. The van der Waals surface area contributed by atoms with E-state index in [0.717, 1.165) is 17.9 Å². The molecule has 0 aliphatic heterocycles. The fraction of sp³-hybridized carbons (Fsp3) is 0.889. The summed E-state index contributed by atoms with van der Waals surface area (Å²) >= 11 is 1.83. The maximum atomic E-state index is 8.72. The topological polar surface area (TPSA) is 49.8 Å². The van der Waals surface area contributed by atoms with Crippen molar-refractivity contribution in [3.8, 4) is 6.07 Å². The van der Waals surface area contributed by atoms with Gasteiger partial charge in [-0.2, -0.15) is 17.0 Å². The van der Waals surface area contributed by atoms with E-state index >= 15 is 0 Å². The summed E-state index contributed by atoms with van der Waals surface area (Å²) in [4.78, 5) is 0. The van der Waals surface area contributed by atoms with Crippen molar-refractivity contribution in [1.29, 1.82) is 5.26 Å². The first-order chi connectivity index (χ1) is 5.48. The van der Waals surface area contributed by atoms with Crippen LogP contribution in [0, 0.1) is 16.7 Å². The first-order valence-corrected chi connectivity index (χ1v) is 5.38. The fourth-order valence-corrected chi connectivity index (χ4v) is 1.85. The van der Waals surface area contributed by atoms with Crippen LogP contribution in [0.5, 0.6) is 0 Å². The number of nitrogens with two attached hydrogens (primary N) is 1. The molecule has 1 atom stereocenters. The third-order valence-electron chi connectivity index (χ3n) is 1.55. The average molecular weight is 186 g/mol. The Hall–Kier alpha value is -0.200. The van der Waals surface area contributed by atoms with Crippen LogP contribution < -0.4 is 5.73 Å². The molecule has 0 aromatic carbocycles. The lowest BCUT2D eigenvalue weighted by molar-refractivity contribution is 0.482. The minimum absolute atomic E-state index is 0.176. The van der Waals surface area contributed by atoms with Crippen molar-refractivity contribution in [2.45, 2.75) is 33.2 Å². The van der Waals surface area contributed by atoms with Crippen molar-refractivity contribution in [3.05, 3.63) is 0 Å². The normalized spacial score (nSPS) is 13.9. The molecule has 1 unspecified atom stereocenters. The van der Waals surface area contributed by atoms with Gasteiger partial charge in [-0.05, 0) is 32.9 Å². The monoisotopic (exact) mass is 186 g/mol. The molecule has 0 radical (unpaired) electrons. The number of nitrogens with zero attached hydrogens (tertiary/aromatic N) is 1. The molecule has 12 heavy (non-hydrogen) atoms. The molecule has 0 saturated carbocycles. The Morgan fingerprint density at radius 1 is 1.58 bits per heavy atom. The van der Waals surface area contributed by atoms with Crippen LogP contribution in [0.2, 0.25) is 0 Å². The van der Waals surface area contributed by atoms with E-state index in [-0.39, 0.29) is 11.5 Å². The van der Waals surface area contributed by atoms with Crippen molar-refractivity contribution in [1.82, 2.24) is 0 Å². The quantitative estimate of drug-likeness (QED) is 0.668. The Balaban J connectivity index is 3.39. The van der Waals surface area contributed by atoms with Gasteiger partial charge in [0.1, 0.15) is 0 Å². The predicted octanol–water partition coefficient (Wildman–Crippen LogP) is 2.01. The first kappa shape index (κ1) is 11.8. The number of thioether (sulfide) groups is 1.